The van der Waals surface area contributed by atoms with Crippen LogP contribution in [-0.2, 0) is 16.1 Å². The van der Waals surface area contributed by atoms with Crippen LogP contribution in [0.4, 0.5) is 8.78 Å². The van der Waals surface area contributed by atoms with Gasteiger partial charge in [-0.15, -0.1) is 11.3 Å². The number of methoxy groups -OCH3 is 2. The average Bonchev–Trinajstić information content (AvgIpc) is 2.98. The van der Waals surface area contributed by atoms with E-state index >= 15 is 0 Å². The zero-order chi connectivity index (χ0) is 22.3. The lowest BCUT2D eigenvalue weighted by molar-refractivity contribution is -0.112. The highest BCUT2D eigenvalue weighted by Gasteiger charge is 2.14. The second-order valence-electron chi connectivity index (χ2n) is 5.86. The van der Waals surface area contributed by atoms with Crippen LogP contribution in [0.15, 0.2) is 23.0 Å². The molecule has 0 unspecified atom stereocenters. The van der Waals surface area contributed by atoms with Gasteiger partial charge < -0.3 is 19.9 Å². The Hall–Kier alpha value is -3.23. The molecule has 0 spiro atoms. The molecule has 8 nitrogen and oxygen atoms in total. The number of rotatable bonds is 9. The Kier molecular flexibility index (Phi) is 8.08. The molecule has 2 aromatic rings. The van der Waals surface area contributed by atoms with Gasteiger partial charge in [-0.2, -0.15) is 14.0 Å². The molecule has 0 saturated heterocycles. The molecule has 0 aliphatic heterocycles. The minimum Gasteiger partial charge on any atom is -0.493 e. The molecule has 0 atom stereocenters. The first-order valence-corrected chi connectivity index (χ1v) is 9.41. The number of benzene rings is 1. The number of alkyl halides is 2. The fourth-order valence-electron chi connectivity index (χ4n) is 2.60. The summed E-state index contributed by atoms with van der Waals surface area (Å²) in [4.78, 5) is 24.5. The van der Waals surface area contributed by atoms with E-state index < -0.39 is 18.1 Å². The van der Waals surface area contributed by atoms with Crippen LogP contribution in [0.1, 0.15) is 12.0 Å². The predicted octanol–water partition coefficient (Wildman–Crippen LogP) is 0.545. The van der Waals surface area contributed by atoms with Crippen molar-refractivity contribution < 1.29 is 27.8 Å². The molecule has 0 fully saturated rings. The van der Waals surface area contributed by atoms with Gasteiger partial charge in [-0.3, -0.25) is 14.2 Å². The molecular formula is C19H19F2N3O5S. The summed E-state index contributed by atoms with van der Waals surface area (Å²) in [7, 11) is 2.81. The highest BCUT2D eigenvalue weighted by atomic mass is 32.1. The SMILES string of the molecule is COCCCn1c(=C(C#N)C(N)=O)s/c(=C/c2ccc(OC(F)F)c(OC)c2)c1=O. The van der Waals surface area contributed by atoms with Gasteiger partial charge in [-0.25, -0.2) is 0 Å². The average molecular weight is 439 g/mol. The summed E-state index contributed by atoms with van der Waals surface area (Å²) in [5.41, 5.74) is 5.00. The van der Waals surface area contributed by atoms with E-state index in [1.165, 1.54) is 43.1 Å². The van der Waals surface area contributed by atoms with Crippen LogP contribution in [0.2, 0.25) is 0 Å². The Morgan fingerprint density at radius 1 is 1.37 bits per heavy atom. The summed E-state index contributed by atoms with van der Waals surface area (Å²) < 4.78 is 41.0. The monoisotopic (exact) mass is 439 g/mol. The normalized spacial score (nSPS) is 12.6. The van der Waals surface area contributed by atoms with E-state index in [1.807, 2.05) is 0 Å². The first-order valence-electron chi connectivity index (χ1n) is 8.59. The van der Waals surface area contributed by atoms with E-state index in [0.717, 1.165) is 11.3 Å². The number of hydrogen-bond donors (Lipinski definition) is 1. The van der Waals surface area contributed by atoms with E-state index in [2.05, 4.69) is 4.74 Å². The zero-order valence-corrected chi connectivity index (χ0v) is 17.0. The van der Waals surface area contributed by atoms with Crippen LogP contribution in [-0.4, -0.2) is 37.9 Å². The molecule has 0 aliphatic carbocycles. The van der Waals surface area contributed by atoms with Crippen molar-refractivity contribution >= 4 is 28.9 Å². The molecule has 1 heterocycles. The highest BCUT2D eigenvalue weighted by Crippen LogP contribution is 2.29. The Bertz CT molecular complexity index is 1130. The number of ether oxygens (including phenoxy) is 3. The number of nitrogens with two attached hydrogens (primary N) is 1. The molecule has 1 aromatic carbocycles. The predicted molar refractivity (Wildman–Crippen MR) is 106 cm³/mol. The van der Waals surface area contributed by atoms with Gasteiger partial charge in [-0.1, -0.05) is 6.07 Å². The third-order valence-electron chi connectivity index (χ3n) is 3.91. The van der Waals surface area contributed by atoms with Gasteiger partial charge in [0.25, 0.3) is 11.5 Å². The number of nitrogens with zero attached hydrogens (tertiary/aromatic N) is 2. The maximum absolute atomic E-state index is 12.9. The van der Waals surface area contributed by atoms with E-state index in [9.17, 15) is 23.6 Å². The van der Waals surface area contributed by atoms with Crippen LogP contribution in [0.3, 0.4) is 0 Å². The molecule has 0 saturated carbocycles. The summed E-state index contributed by atoms with van der Waals surface area (Å²) >= 11 is 0.930. The van der Waals surface area contributed by atoms with Crippen LogP contribution < -0.4 is 30.0 Å². The van der Waals surface area contributed by atoms with Crippen molar-refractivity contribution in [1.29, 1.82) is 5.26 Å². The molecule has 1 amide bonds. The summed E-state index contributed by atoms with van der Waals surface area (Å²) in [5.74, 6) is -1.04. The van der Waals surface area contributed by atoms with E-state index in [-0.39, 0.29) is 32.8 Å². The maximum atomic E-state index is 12.9. The van der Waals surface area contributed by atoms with Gasteiger partial charge in [0.1, 0.15) is 10.7 Å². The molecule has 30 heavy (non-hydrogen) atoms. The van der Waals surface area contributed by atoms with Crippen molar-refractivity contribution in [3.8, 4) is 17.6 Å². The molecule has 11 heteroatoms. The van der Waals surface area contributed by atoms with Gasteiger partial charge in [0, 0.05) is 20.3 Å². The van der Waals surface area contributed by atoms with Crippen molar-refractivity contribution in [1.82, 2.24) is 4.57 Å². The number of nitriles is 1. The van der Waals surface area contributed by atoms with Crippen molar-refractivity contribution in [2.45, 2.75) is 19.6 Å². The minimum atomic E-state index is -3.01. The second kappa shape index (κ2) is 10.5. The number of primary amides is 1. The van der Waals surface area contributed by atoms with Crippen molar-refractivity contribution in [3.05, 3.63) is 43.3 Å². The molecule has 0 bridgehead atoms. The summed E-state index contributed by atoms with van der Waals surface area (Å²) in [6, 6.07) is 5.92. The second-order valence-corrected chi connectivity index (χ2v) is 6.89. The van der Waals surface area contributed by atoms with Gasteiger partial charge >= 0.3 is 6.61 Å². The number of thiazole rings is 1. The quantitative estimate of drug-likeness (QED) is 0.570. The highest BCUT2D eigenvalue weighted by molar-refractivity contribution is 7.07. The molecule has 2 rings (SSSR count). The lowest BCUT2D eigenvalue weighted by Crippen LogP contribution is -2.34. The molecular weight excluding hydrogens is 420 g/mol. The Labute approximate surface area is 174 Å². The largest absolute Gasteiger partial charge is 0.493 e. The van der Waals surface area contributed by atoms with Crippen molar-refractivity contribution in [3.63, 3.8) is 0 Å². The molecule has 0 aliphatic rings. The van der Waals surface area contributed by atoms with Crippen molar-refractivity contribution in [2.75, 3.05) is 20.8 Å². The Morgan fingerprint density at radius 3 is 2.67 bits per heavy atom. The van der Waals surface area contributed by atoms with Crippen molar-refractivity contribution in [2.24, 2.45) is 5.73 Å². The molecule has 2 N–H and O–H groups in total. The lowest BCUT2D eigenvalue weighted by Gasteiger charge is -2.09. The van der Waals surface area contributed by atoms with Gasteiger partial charge in [0.2, 0.25) is 0 Å². The van der Waals surface area contributed by atoms with Crippen LogP contribution in [0.25, 0.3) is 11.6 Å². The molecule has 0 radical (unpaired) electrons. The van der Waals surface area contributed by atoms with Gasteiger partial charge in [0.15, 0.2) is 17.1 Å². The maximum Gasteiger partial charge on any atom is 0.387 e. The standard InChI is InChI=1S/C19H19F2N3O5S/c1-27-7-3-6-24-17(26)15(30-18(24)12(10-22)16(23)25)9-11-4-5-13(29-19(20)21)14(8-11)28-2/h4-5,8-9,19H,3,6-7H2,1-2H3,(H2,23,25)/b15-9+,18-12?. The number of halogens is 2. The lowest BCUT2D eigenvalue weighted by atomic mass is 10.2. The number of carbonyl (C=O) groups is 1. The summed E-state index contributed by atoms with van der Waals surface area (Å²) in [5, 5.41) is 9.28. The topological polar surface area (TPSA) is 117 Å². The third kappa shape index (κ3) is 5.43. The smallest absolute Gasteiger partial charge is 0.387 e. The number of aromatic nitrogens is 1. The molecule has 160 valence electrons. The van der Waals surface area contributed by atoms with Gasteiger partial charge in [-0.05, 0) is 30.2 Å². The van der Waals surface area contributed by atoms with Crippen LogP contribution in [0, 0.1) is 11.3 Å². The van der Waals surface area contributed by atoms with Gasteiger partial charge in [0.05, 0.1) is 11.6 Å². The Balaban J connectivity index is 2.65. The van der Waals surface area contributed by atoms with E-state index in [4.69, 9.17) is 15.2 Å². The van der Waals surface area contributed by atoms with E-state index in [0.29, 0.717) is 18.6 Å². The molecule has 1 aromatic heterocycles. The number of carbonyl (C=O) groups excluding carboxylic acids is 1. The zero-order valence-electron chi connectivity index (χ0n) is 16.2. The number of amides is 1. The van der Waals surface area contributed by atoms with Crippen LogP contribution >= 0.6 is 11.3 Å². The van der Waals surface area contributed by atoms with E-state index in [1.54, 1.807) is 6.07 Å². The first-order chi connectivity index (χ1) is 14.3. The first kappa shape index (κ1) is 23.1. The third-order valence-corrected chi connectivity index (χ3v) is 5.04. The summed E-state index contributed by atoms with van der Waals surface area (Å²) in [6.45, 7) is -2.42. The number of hydrogen-bond acceptors (Lipinski definition) is 7. The Morgan fingerprint density at radius 2 is 2.10 bits per heavy atom. The summed E-state index contributed by atoms with van der Waals surface area (Å²) in [6.07, 6.45) is 1.97. The fourth-order valence-corrected chi connectivity index (χ4v) is 3.74. The fraction of sp³-hybridized carbons (Fsp3) is 0.316. The minimum absolute atomic E-state index is 0.0580. The van der Waals surface area contributed by atoms with Crippen LogP contribution in [0.5, 0.6) is 11.5 Å².